The van der Waals surface area contributed by atoms with Crippen molar-refractivity contribution in [2.24, 2.45) is 0 Å². The summed E-state index contributed by atoms with van der Waals surface area (Å²) in [5, 5.41) is 4.94. The van der Waals surface area contributed by atoms with E-state index in [0.717, 1.165) is 35.5 Å². The Kier molecular flexibility index (Phi) is 4.88. The molecule has 2 heteroatoms. The zero-order chi connectivity index (χ0) is 18.6. The lowest BCUT2D eigenvalue weighted by Gasteiger charge is -2.09. The lowest BCUT2D eigenvalue weighted by molar-refractivity contribution is 0.890. The highest BCUT2D eigenvalue weighted by Crippen LogP contribution is 2.29. The molecule has 4 rings (SSSR count). The van der Waals surface area contributed by atoms with E-state index in [1.165, 1.54) is 16.7 Å². The second kappa shape index (κ2) is 7.63. The van der Waals surface area contributed by atoms with E-state index in [-0.39, 0.29) is 0 Å². The van der Waals surface area contributed by atoms with Gasteiger partial charge in [-0.15, -0.1) is 0 Å². The molecule has 0 bridgehead atoms. The van der Waals surface area contributed by atoms with Gasteiger partial charge in [0, 0.05) is 11.1 Å². The molecule has 0 radical (unpaired) electrons. The summed E-state index contributed by atoms with van der Waals surface area (Å²) in [6.07, 6.45) is 2.09. The first-order chi connectivity index (χ1) is 13.3. The minimum atomic E-state index is 0.990. The molecule has 0 aliphatic carbocycles. The maximum atomic E-state index is 4.94. The predicted octanol–water partition coefficient (Wildman–Crippen LogP) is 6.33. The largest absolute Gasteiger partial charge is 0.232 e. The first kappa shape index (κ1) is 17.3. The summed E-state index contributed by atoms with van der Waals surface area (Å²) in [6, 6.07) is 30.0. The van der Waals surface area contributed by atoms with Crippen molar-refractivity contribution in [3.63, 3.8) is 0 Å². The van der Waals surface area contributed by atoms with Gasteiger partial charge in [-0.2, -0.15) is 5.10 Å². The Morgan fingerprint density at radius 2 is 1.26 bits per heavy atom. The molecular weight excluding hydrogens is 328 g/mol. The van der Waals surface area contributed by atoms with Crippen LogP contribution in [-0.2, 0) is 12.8 Å². The lowest BCUT2D eigenvalue weighted by atomic mass is 10.1. The number of benzene rings is 3. The first-order valence-corrected chi connectivity index (χ1v) is 9.62. The molecule has 1 aromatic heterocycles. The zero-order valence-corrected chi connectivity index (χ0v) is 15.9. The van der Waals surface area contributed by atoms with Crippen LogP contribution in [0.25, 0.3) is 28.2 Å². The normalized spacial score (nSPS) is 10.9. The second-order valence-corrected chi connectivity index (χ2v) is 6.76. The van der Waals surface area contributed by atoms with Gasteiger partial charge in [0.25, 0.3) is 0 Å². The van der Waals surface area contributed by atoms with Crippen LogP contribution in [0.4, 0.5) is 0 Å². The predicted molar refractivity (Wildman–Crippen MR) is 113 cm³/mol. The molecule has 27 heavy (non-hydrogen) atoms. The smallest absolute Gasteiger partial charge is 0.0934 e. The van der Waals surface area contributed by atoms with E-state index < -0.39 is 0 Å². The molecule has 4 aromatic rings. The molecule has 0 saturated heterocycles. The Bertz CT molecular complexity index is 945. The van der Waals surface area contributed by atoms with E-state index in [4.69, 9.17) is 5.10 Å². The maximum Gasteiger partial charge on any atom is 0.0934 e. The van der Waals surface area contributed by atoms with Crippen molar-refractivity contribution in [1.82, 2.24) is 9.78 Å². The molecule has 0 unspecified atom stereocenters. The van der Waals surface area contributed by atoms with E-state index in [1.54, 1.807) is 0 Å². The Balaban J connectivity index is 1.85. The third-order valence-electron chi connectivity index (χ3n) is 5.03. The number of hydrogen-bond donors (Lipinski definition) is 0. The van der Waals surface area contributed by atoms with Crippen LogP contribution in [-0.4, -0.2) is 9.78 Å². The molecular formula is C25H24N2. The topological polar surface area (TPSA) is 17.8 Å². The average molecular weight is 352 g/mol. The monoisotopic (exact) mass is 352 g/mol. The number of nitrogens with zero attached hydrogens (tertiary/aromatic N) is 2. The van der Waals surface area contributed by atoms with Crippen LogP contribution in [0.5, 0.6) is 0 Å². The van der Waals surface area contributed by atoms with Crippen LogP contribution >= 0.6 is 0 Å². The highest BCUT2D eigenvalue weighted by molar-refractivity contribution is 5.70. The summed E-state index contributed by atoms with van der Waals surface area (Å²) in [4.78, 5) is 0. The number of aryl methyl sites for hydroxylation is 2. The van der Waals surface area contributed by atoms with Crippen LogP contribution in [0.3, 0.4) is 0 Å². The molecule has 2 nitrogen and oxygen atoms in total. The van der Waals surface area contributed by atoms with Crippen molar-refractivity contribution >= 4 is 0 Å². The number of aromatic nitrogens is 2. The Labute approximate surface area is 161 Å². The lowest BCUT2D eigenvalue weighted by Crippen LogP contribution is -1.99. The van der Waals surface area contributed by atoms with Gasteiger partial charge in [0.15, 0.2) is 0 Å². The Hall–Kier alpha value is -3.13. The molecule has 0 saturated carbocycles. The molecule has 0 atom stereocenters. The number of rotatable bonds is 5. The number of hydrogen-bond acceptors (Lipinski definition) is 1. The van der Waals surface area contributed by atoms with Crippen LogP contribution in [0.15, 0.2) is 84.9 Å². The average Bonchev–Trinajstić information content (AvgIpc) is 3.20. The second-order valence-electron chi connectivity index (χ2n) is 6.76. The van der Waals surface area contributed by atoms with Crippen LogP contribution < -0.4 is 0 Å². The van der Waals surface area contributed by atoms with E-state index in [2.05, 4.69) is 97.4 Å². The van der Waals surface area contributed by atoms with Crippen molar-refractivity contribution in [2.45, 2.75) is 26.7 Å². The standard InChI is InChI=1S/C25H24N2/c1-3-19-10-14-22(15-11-19)25-18-24(21-8-6-5-7-9-21)26-27(25)23-16-12-20(4-2)13-17-23/h5-18H,3-4H2,1-2H3. The molecule has 1 heterocycles. The Morgan fingerprint density at radius 1 is 0.667 bits per heavy atom. The van der Waals surface area contributed by atoms with Crippen molar-refractivity contribution < 1.29 is 0 Å². The molecule has 0 fully saturated rings. The van der Waals surface area contributed by atoms with Crippen molar-refractivity contribution in [3.8, 4) is 28.2 Å². The van der Waals surface area contributed by atoms with Gasteiger partial charge in [0.05, 0.1) is 17.1 Å². The highest BCUT2D eigenvalue weighted by Gasteiger charge is 2.13. The fourth-order valence-electron chi connectivity index (χ4n) is 3.32. The van der Waals surface area contributed by atoms with Gasteiger partial charge in [-0.1, -0.05) is 80.6 Å². The van der Waals surface area contributed by atoms with Crippen molar-refractivity contribution in [2.75, 3.05) is 0 Å². The molecule has 0 aliphatic heterocycles. The summed E-state index contributed by atoms with van der Waals surface area (Å²) in [7, 11) is 0. The molecule has 3 aromatic carbocycles. The molecule has 134 valence electrons. The van der Waals surface area contributed by atoms with E-state index in [1.807, 2.05) is 6.07 Å². The van der Waals surface area contributed by atoms with E-state index >= 15 is 0 Å². The minimum Gasteiger partial charge on any atom is -0.232 e. The van der Waals surface area contributed by atoms with Gasteiger partial charge < -0.3 is 0 Å². The molecule has 0 spiro atoms. The van der Waals surface area contributed by atoms with Gasteiger partial charge >= 0.3 is 0 Å². The quantitative estimate of drug-likeness (QED) is 0.410. The fraction of sp³-hybridized carbons (Fsp3) is 0.160. The van der Waals surface area contributed by atoms with Crippen LogP contribution in [0, 0.1) is 0 Å². The van der Waals surface area contributed by atoms with E-state index in [0.29, 0.717) is 0 Å². The third-order valence-corrected chi connectivity index (χ3v) is 5.03. The fourth-order valence-corrected chi connectivity index (χ4v) is 3.32. The summed E-state index contributed by atoms with van der Waals surface area (Å²) < 4.78 is 2.06. The molecule has 0 amide bonds. The summed E-state index contributed by atoms with van der Waals surface area (Å²) >= 11 is 0. The first-order valence-electron chi connectivity index (χ1n) is 9.62. The van der Waals surface area contributed by atoms with Gasteiger partial charge in [0.1, 0.15) is 0 Å². The Morgan fingerprint density at radius 3 is 1.85 bits per heavy atom. The van der Waals surface area contributed by atoms with Gasteiger partial charge in [-0.25, -0.2) is 4.68 Å². The maximum absolute atomic E-state index is 4.94. The van der Waals surface area contributed by atoms with Gasteiger partial charge in [-0.05, 0) is 42.2 Å². The molecule has 0 N–H and O–H groups in total. The summed E-state index contributed by atoms with van der Waals surface area (Å²) in [5.74, 6) is 0. The molecule has 0 aliphatic rings. The van der Waals surface area contributed by atoms with Crippen LogP contribution in [0.2, 0.25) is 0 Å². The van der Waals surface area contributed by atoms with Gasteiger partial charge in [0.2, 0.25) is 0 Å². The zero-order valence-electron chi connectivity index (χ0n) is 15.9. The van der Waals surface area contributed by atoms with Gasteiger partial charge in [-0.3, -0.25) is 0 Å². The van der Waals surface area contributed by atoms with Crippen molar-refractivity contribution in [3.05, 3.63) is 96.1 Å². The van der Waals surface area contributed by atoms with E-state index in [9.17, 15) is 0 Å². The SMILES string of the molecule is CCc1ccc(-c2cc(-c3ccccc3)nn2-c2ccc(CC)cc2)cc1. The minimum absolute atomic E-state index is 0.990. The van der Waals surface area contributed by atoms with Crippen LogP contribution in [0.1, 0.15) is 25.0 Å². The summed E-state index contributed by atoms with van der Waals surface area (Å²) in [6.45, 7) is 4.36. The third kappa shape index (κ3) is 3.56. The van der Waals surface area contributed by atoms with Crippen molar-refractivity contribution in [1.29, 1.82) is 0 Å². The highest BCUT2D eigenvalue weighted by atomic mass is 15.3. The summed E-state index contributed by atoms with van der Waals surface area (Å²) in [5.41, 5.74) is 8.19.